The molecular formula is C20H25NO6S. The van der Waals surface area contributed by atoms with Crippen LogP contribution in [0.4, 0.5) is 4.79 Å². The molecule has 2 amide bonds. The van der Waals surface area contributed by atoms with Crippen LogP contribution in [0.2, 0.25) is 0 Å². The minimum absolute atomic E-state index is 0.0422. The van der Waals surface area contributed by atoms with Crippen LogP contribution in [0.3, 0.4) is 0 Å². The molecule has 1 aliphatic rings. The van der Waals surface area contributed by atoms with E-state index in [-0.39, 0.29) is 17.6 Å². The van der Waals surface area contributed by atoms with Crippen molar-refractivity contribution >= 4 is 35.0 Å². The lowest BCUT2D eigenvalue weighted by Crippen LogP contribution is -2.42. The smallest absolute Gasteiger partial charge is 0.329 e. The van der Waals surface area contributed by atoms with Crippen molar-refractivity contribution in [1.29, 1.82) is 0 Å². The summed E-state index contributed by atoms with van der Waals surface area (Å²) in [5.41, 5.74) is 0.683. The van der Waals surface area contributed by atoms with Gasteiger partial charge in [0, 0.05) is 0 Å². The molecule has 7 nitrogen and oxygen atoms in total. The molecule has 1 aromatic carbocycles. The molecule has 1 heterocycles. The van der Waals surface area contributed by atoms with Crippen LogP contribution in [0.25, 0.3) is 6.08 Å². The summed E-state index contributed by atoms with van der Waals surface area (Å²) in [7, 11) is 1.54. The fourth-order valence-electron chi connectivity index (χ4n) is 2.50. The second-order valence-electron chi connectivity index (χ2n) is 6.23. The molecule has 0 N–H and O–H groups in total. The highest BCUT2D eigenvalue weighted by Gasteiger charge is 2.41. The van der Waals surface area contributed by atoms with Gasteiger partial charge in [-0.05, 0) is 62.7 Å². The lowest BCUT2D eigenvalue weighted by Gasteiger charge is -2.19. The molecule has 0 radical (unpaired) electrons. The molecule has 8 heteroatoms. The molecule has 0 unspecified atom stereocenters. The van der Waals surface area contributed by atoms with Crippen molar-refractivity contribution in [2.45, 2.75) is 46.3 Å². The first-order valence-corrected chi connectivity index (χ1v) is 9.92. The largest absolute Gasteiger partial charge is 0.493 e. The number of thioether (sulfide) groups is 1. The van der Waals surface area contributed by atoms with Gasteiger partial charge < -0.3 is 14.2 Å². The minimum atomic E-state index is -0.973. The Labute approximate surface area is 169 Å². The van der Waals surface area contributed by atoms with Crippen molar-refractivity contribution in [2.24, 2.45) is 0 Å². The van der Waals surface area contributed by atoms with E-state index in [1.165, 1.54) is 14.0 Å². The Kier molecular flexibility index (Phi) is 7.51. The van der Waals surface area contributed by atoms with Crippen molar-refractivity contribution in [3.63, 3.8) is 0 Å². The summed E-state index contributed by atoms with van der Waals surface area (Å²) in [5, 5.41) is -0.500. The molecule has 0 aliphatic carbocycles. The van der Waals surface area contributed by atoms with E-state index in [2.05, 4.69) is 0 Å². The molecule has 0 bridgehead atoms. The summed E-state index contributed by atoms with van der Waals surface area (Å²) in [4.78, 5) is 37.9. The number of amides is 2. The van der Waals surface area contributed by atoms with E-state index in [9.17, 15) is 14.4 Å². The van der Waals surface area contributed by atoms with E-state index in [4.69, 9.17) is 14.2 Å². The maximum absolute atomic E-state index is 12.6. The van der Waals surface area contributed by atoms with E-state index in [0.29, 0.717) is 17.1 Å². The molecule has 2 rings (SSSR count). The maximum Gasteiger partial charge on any atom is 0.329 e. The third-order valence-electron chi connectivity index (χ3n) is 4.23. The number of esters is 1. The van der Waals surface area contributed by atoms with E-state index in [0.717, 1.165) is 23.1 Å². The van der Waals surface area contributed by atoms with Crippen molar-refractivity contribution in [3.05, 3.63) is 28.7 Å². The van der Waals surface area contributed by atoms with Gasteiger partial charge in [-0.15, -0.1) is 0 Å². The van der Waals surface area contributed by atoms with E-state index in [1.54, 1.807) is 31.2 Å². The number of carbonyl (C=O) groups excluding carboxylic acids is 3. The molecule has 0 spiro atoms. The normalized spacial score (nSPS) is 17.6. The summed E-state index contributed by atoms with van der Waals surface area (Å²) in [6.07, 6.45) is 2.50. The summed E-state index contributed by atoms with van der Waals surface area (Å²) < 4.78 is 16.1. The number of imide groups is 1. The van der Waals surface area contributed by atoms with Crippen molar-refractivity contribution < 1.29 is 28.6 Å². The lowest BCUT2D eigenvalue weighted by atomic mass is 10.1. The fourth-order valence-corrected chi connectivity index (χ4v) is 3.41. The number of hydrogen-bond donors (Lipinski definition) is 0. The number of rotatable bonds is 8. The van der Waals surface area contributed by atoms with Crippen LogP contribution in [0.1, 0.15) is 39.7 Å². The van der Waals surface area contributed by atoms with Crippen LogP contribution in [0.15, 0.2) is 23.1 Å². The predicted octanol–water partition coefficient (Wildman–Crippen LogP) is 3.86. The average molecular weight is 407 g/mol. The zero-order valence-electron chi connectivity index (χ0n) is 16.7. The molecule has 1 aromatic rings. The van der Waals surface area contributed by atoms with Gasteiger partial charge in [-0.25, -0.2) is 4.79 Å². The van der Waals surface area contributed by atoms with Crippen molar-refractivity contribution in [1.82, 2.24) is 4.90 Å². The molecule has 152 valence electrons. The standard InChI is InChI=1S/C20H25NO6S/c1-6-12(3)27-15-9-8-14(10-16(15)25-5)11-17-18(22)21(20(24)28-17)13(4)19(23)26-7-2/h8-13H,6-7H2,1-5H3/b17-11+/t12-,13+/m0/s1. The van der Waals surface area contributed by atoms with E-state index < -0.39 is 23.2 Å². The van der Waals surface area contributed by atoms with E-state index >= 15 is 0 Å². The molecular weight excluding hydrogens is 382 g/mol. The van der Waals surface area contributed by atoms with Gasteiger partial charge in [0.2, 0.25) is 0 Å². The summed E-state index contributed by atoms with van der Waals surface area (Å²) in [6.45, 7) is 7.31. The Morgan fingerprint density at radius 3 is 2.54 bits per heavy atom. The first kappa shape index (κ1) is 21.8. The second kappa shape index (κ2) is 9.64. The average Bonchev–Trinajstić information content (AvgIpc) is 2.95. The quantitative estimate of drug-likeness (QED) is 0.478. The number of ether oxygens (including phenoxy) is 3. The monoisotopic (exact) mass is 407 g/mol. The van der Waals surface area contributed by atoms with Gasteiger partial charge in [0.1, 0.15) is 6.04 Å². The van der Waals surface area contributed by atoms with Crippen LogP contribution >= 0.6 is 11.8 Å². The Hall–Kier alpha value is -2.48. The van der Waals surface area contributed by atoms with Gasteiger partial charge >= 0.3 is 5.97 Å². The highest BCUT2D eigenvalue weighted by atomic mass is 32.2. The summed E-state index contributed by atoms with van der Waals surface area (Å²) in [6, 6.07) is 4.31. The Bertz CT molecular complexity index is 791. The first-order chi connectivity index (χ1) is 13.3. The fraction of sp³-hybridized carbons (Fsp3) is 0.450. The molecule has 1 aliphatic heterocycles. The molecule has 2 atom stereocenters. The van der Waals surface area contributed by atoms with Crippen molar-refractivity contribution in [2.75, 3.05) is 13.7 Å². The van der Waals surface area contributed by atoms with Crippen LogP contribution < -0.4 is 9.47 Å². The van der Waals surface area contributed by atoms with E-state index in [1.807, 2.05) is 13.8 Å². The summed E-state index contributed by atoms with van der Waals surface area (Å²) >= 11 is 0.791. The number of carbonyl (C=O) groups is 3. The first-order valence-electron chi connectivity index (χ1n) is 9.10. The molecule has 1 fully saturated rings. The van der Waals surface area contributed by atoms with Crippen LogP contribution in [-0.4, -0.2) is 47.9 Å². The topological polar surface area (TPSA) is 82.1 Å². The molecule has 0 saturated carbocycles. The Morgan fingerprint density at radius 1 is 1.21 bits per heavy atom. The van der Waals surface area contributed by atoms with Crippen LogP contribution in [0.5, 0.6) is 11.5 Å². The minimum Gasteiger partial charge on any atom is -0.493 e. The van der Waals surface area contributed by atoms with Gasteiger partial charge in [0.15, 0.2) is 11.5 Å². The zero-order valence-corrected chi connectivity index (χ0v) is 17.5. The number of methoxy groups -OCH3 is 1. The number of hydrogen-bond acceptors (Lipinski definition) is 7. The lowest BCUT2D eigenvalue weighted by molar-refractivity contribution is -0.150. The number of benzene rings is 1. The Balaban J connectivity index is 2.24. The van der Waals surface area contributed by atoms with Gasteiger partial charge in [-0.3, -0.25) is 14.5 Å². The highest BCUT2D eigenvalue weighted by molar-refractivity contribution is 8.18. The molecule has 28 heavy (non-hydrogen) atoms. The van der Waals surface area contributed by atoms with Gasteiger partial charge in [-0.1, -0.05) is 13.0 Å². The SMILES string of the molecule is CCOC(=O)[C@@H](C)N1C(=O)S/C(=C/c2ccc(O[C@@H](C)CC)c(OC)c2)C1=O. The highest BCUT2D eigenvalue weighted by Crippen LogP contribution is 2.36. The van der Waals surface area contributed by atoms with Gasteiger partial charge in [-0.2, -0.15) is 0 Å². The van der Waals surface area contributed by atoms with Gasteiger partial charge in [0.05, 0.1) is 24.7 Å². The van der Waals surface area contributed by atoms with Crippen LogP contribution in [-0.2, 0) is 14.3 Å². The summed E-state index contributed by atoms with van der Waals surface area (Å²) in [5.74, 6) is 0.0138. The zero-order chi connectivity index (χ0) is 20.8. The van der Waals surface area contributed by atoms with Crippen molar-refractivity contribution in [3.8, 4) is 11.5 Å². The molecule has 0 aromatic heterocycles. The second-order valence-corrected chi connectivity index (χ2v) is 7.22. The number of nitrogens with zero attached hydrogens (tertiary/aromatic N) is 1. The third-order valence-corrected chi connectivity index (χ3v) is 5.11. The Morgan fingerprint density at radius 2 is 1.93 bits per heavy atom. The van der Waals surface area contributed by atoms with Gasteiger partial charge in [0.25, 0.3) is 11.1 Å². The maximum atomic E-state index is 12.6. The van der Waals surface area contributed by atoms with Crippen LogP contribution in [0, 0.1) is 0 Å². The predicted molar refractivity (Wildman–Crippen MR) is 107 cm³/mol. The third kappa shape index (κ3) is 4.86. The molecule has 1 saturated heterocycles.